The zero-order chi connectivity index (χ0) is 10.7. The maximum atomic E-state index is 8.54. The Morgan fingerprint density at radius 3 is 3.07 bits per heavy atom. The molecular weight excluding hydrogens is 208 g/mol. The summed E-state index contributed by atoms with van der Waals surface area (Å²) in [6, 6.07) is 8.16. The molecule has 0 fully saturated rings. The van der Waals surface area contributed by atoms with E-state index in [-0.39, 0.29) is 0 Å². The number of benzene rings is 1. The van der Waals surface area contributed by atoms with Gasteiger partial charge >= 0.3 is 0 Å². The van der Waals surface area contributed by atoms with Gasteiger partial charge in [0.15, 0.2) is 0 Å². The highest BCUT2D eigenvalue weighted by atomic mass is 32.2. The Balaban J connectivity index is 2.22. The number of hydrogen-bond acceptors (Lipinski definition) is 3. The molecule has 0 atom stereocenters. The van der Waals surface area contributed by atoms with Gasteiger partial charge < -0.3 is 10.2 Å². The summed E-state index contributed by atoms with van der Waals surface area (Å²) in [7, 11) is 0. The number of aromatic nitrogens is 1. The van der Waals surface area contributed by atoms with Crippen LogP contribution in [0.2, 0.25) is 0 Å². The van der Waals surface area contributed by atoms with Crippen molar-refractivity contribution < 1.29 is 5.21 Å². The lowest BCUT2D eigenvalue weighted by molar-refractivity contribution is 0.318. The van der Waals surface area contributed by atoms with E-state index in [0.29, 0.717) is 5.75 Å². The van der Waals surface area contributed by atoms with E-state index in [9.17, 15) is 0 Å². The topological polar surface area (TPSA) is 48.4 Å². The highest BCUT2D eigenvalue weighted by Gasteiger charge is 2.03. The number of nitrogens with one attached hydrogen (secondary N) is 1. The van der Waals surface area contributed by atoms with Crippen LogP contribution in [0, 0.1) is 0 Å². The quantitative estimate of drug-likeness (QED) is 0.361. The predicted octanol–water partition coefficient (Wildman–Crippen LogP) is 3.11. The van der Waals surface area contributed by atoms with Gasteiger partial charge in [-0.3, -0.25) is 0 Å². The molecule has 1 heterocycles. The normalized spacial score (nSPS) is 12.2. The van der Waals surface area contributed by atoms with Gasteiger partial charge in [0.05, 0.1) is 5.71 Å². The first-order valence-electron chi connectivity index (χ1n) is 4.67. The number of rotatable bonds is 3. The van der Waals surface area contributed by atoms with Crippen molar-refractivity contribution in [3.8, 4) is 0 Å². The van der Waals surface area contributed by atoms with Crippen LogP contribution in [-0.2, 0) is 0 Å². The van der Waals surface area contributed by atoms with Gasteiger partial charge in [0.2, 0.25) is 0 Å². The van der Waals surface area contributed by atoms with Crippen LogP contribution in [0.1, 0.15) is 6.92 Å². The maximum Gasteiger partial charge on any atom is 0.0642 e. The van der Waals surface area contributed by atoms with Crippen LogP contribution in [0.15, 0.2) is 40.5 Å². The number of thioether (sulfide) groups is 1. The Hall–Kier alpha value is -1.42. The summed E-state index contributed by atoms with van der Waals surface area (Å²) in [4.78, 5) is 4.40. The fraction of sp³-hybridized carbons (Fsp3) is 0.182. The van der Waals surface area contributed by atoms with E-state index in [4.69, 9.17) is 5.21 Å². The van der Waals surface area contributed by atoms with Crippen LogP contribution >= 0.6 is 11.8 Å². The lowest BCUT2D eigenvalue weighted by Gasteiger charge is -1.97. The number of aromatic amines is 1. The molecule has 1 aromatic carbocycles. The predicted molar refractivity (Wildman–Crippen MR) is 63.9 cm³/mol. The molecule has 0 unspecified atom stereocenters. The average molecular weight is 220 g/mol. The van der Waals surface area contributed by atoms with Gasteiger partial charge in [-0.05, 0) is 13.0 Å². The molecule has 0 bridgehead atoms. The molecule has 15 heavy (non-hydrogen) atoms. The molecular formula is C11H12N2OS. The summed E-state index contributed by atoms with van der Waals surface area (Å²) < 4.78 is 0. The smallest absolute Gasteiger partial charge is 0.0642 e. The van der Waals surface area contributed by atoms with Gasteiger partial charge in [-0.25, -0.2) is 0 Å². The van der Waals surface area contributed by atoms with Crippen molar-refractivity contribution in [1.82, 2.24) is 4.98 Å². The van der Waals surface area contributed by atoms with Crippen molar-refractivity contribution in [3.05, 3.63) is 30.5 Å². The van der Waals surface area contributed by atoms with Crippen molar-refractivity contribution >= 4 is 28.4 Å². The van der Waals surface area contributed by atoms with Crippen LogP contribution in [0.4, 0.5) is 0 Å². The zero-order valence-corrected chi connectivity index (χ0v) is 9.21. The van der Waals surface area contributed by atoms with Crippen LogP contribution < -0.4 is 0 Å². The van der Waals surface area contributed by atoms with Crippen molar-refractivity contribution in [3.63, 3.8) is 0 Å². The molecule has 0 saturated carbocycles. The second-order valence-corrected chi connectivity index (χ2v) is 4.34. The molecule has 0 aliphatic heterocycles. The van der Waals surface area contributed by atoms with Gasteiger partial charge in [0.25, 0.3) is 0 Å². The first kappa shape index (κ1) is 10.1. The average Bonchev–Trinajstić information content (AvgIpc) is 2.69. The summed E-state index contributed by atoms with van der Waals surface area (Å²) in [5, 5.41) is 12.9. The second kappa shape index (κ2) is 4.40. The van der Waals surface area contributed by atoms with E-state index < -0.39 is 0 Å². The molecule has 2 N–H and O–H groups in total. The Morgan fingerprint density at radius 1 is 1.47 bits per heavy atom. The van der Waals surface area contributed by atoms with Crippen molar-refractivity contribution in [1.29, 1.82) is 0 Å². The highest BCUT2D eigenvalue weighted by molar-refractivity contribution is 8.00. The molecule has 1 aromatic heterocycles. The third-order valence-corrected chi connectivity index (χ3v) is 3.37. The van der Waals surface area contributed by atoms with Crippen molar-refractivity contribution in [2.45, 2.75) is 11.8 Å². The Bertz CT molecular complexity index is 490. The van der Waals surface area contributed by atoms with Gasteiger partial charge in [0.1, 0.15) is 0 Å². The lowest BCUT2D eigenvalue weighted by Crippen LogP contribution is -1.93. The number of hydrogen-bond donors (Lipinski definition) is 2. The highest BCUT2D eigenvalue weighted by Crippen LogP contribution is 2.27. The molecule has 0 aliphatic carbocycles. The SMILES string of the molecule is CC(CSc1c[nH]c2ccccc12)=NO. The molecule has 0 saturated heterocycles. The number of H-pyrrole nitrogens is 1. The molecule has 0 radical (unpaired) electrons. The van der Waals surface area contributed by atoms with Gasteiger partial charge in [0, 0.05) is 27.7 Å². The van der Waals surface area contributed by atoms with Crippen molar-refractivity contribution in [2.24, 2.45) is 5.16 Å². The first-order chi connectivity index (χ1) is 7.31. The van der Waals surface area contributed by atoms with E-state index in [1.165, 1.54) is 10.3 Å². The van der Waals surface area contributed by atoms with Gasteiger partial charge in [-0.15, -0.1) is 11.8 Å². The Labute approximate surface area is 92.2 Å². The summed E-state index contributed by atoms with van der Waals surface area (Å²) in [6.45, 7) is 1.81. The third-order valence-electron chi connectivity index (χ3n) is 2.16. The fourth-order valence-corrected chi connectivity index (χ4v) is 2.27. The molecule has 3 nitrogen and oxygen atoms in total. The summed E-state index contributed by atoms with van der Waals surface area (Å²) in [6.07, 6.45) is 1.99. The molecule has 78 valence electrons. The van der Waals surface area contributed by atoms with Gasteiger partial charge in [-0.2, -0.15) is 0 Å². The van der Waals surface area contributed by atoms with E-state index in [1.807, 2.05) is 31.3 Å². The number of nitrogens with zero attached hydrogens (tertiary/aromatic N) is 1. The molecule has 0 amide bonds. The molecule has 0 aliphatic rings. The lowest BCUT2D eigenvalue weighted by atomic mass is 10.2. The molecule has 2 rings (SSSR count). The maximum absolute atomic E-state index is 8.54. The number of oxime groups is 1. The second-order valence-electron chi connectivity index (χ2n) is 3.32. The fourth-order valence-electron chi connectivity index (χ4n) is 1.38. The Morgan fingerprint density at radius 2 is 2.27 bits per heavy atom. The first-order valence-corrected chi connectivity index (χ1v) is 5.66. The van der Waals surface area contributed by atoms with Crippen molar-refractivity contribution in [2.75, 3.05) is 5.75 Å². The number of fused-ring (bicyclic) bond motifs is 1. The summed E-state index contributed by atoms with van der Waals surface area (Å²) in [5.41, 5.74) is 1.86. The minimum atomic E-state index is 0.707. The van der Waals surface area contributed by atoms with Gasteiger partial charge in [-0.1, -0.05) is 23.4 Å². The number of para-hydroxylation sites is 1. The zero-order valence-electron chi connectivity index (χ0n) is 8.40. The molecule has 4 heteroatoms. The monoisotopic (exact) mass is 220 g/mol. The minimum absolute atomic E-state index is 0.707. The molecule has 0 spiro atoms. The van der Waals surface area contributed by atoms with Crippen LogP contribution in [0.3, 0.4) is 0 Å². The van der Waals surface area contributed by atoms with Crippen LogP contribution in [0.25, 0.3) is 10.9 Å². The van der Waals surface area contributed by atoms with Crippen LogP contribution in [0.5, 0.6) is 0 Å². The summed E-state index contributed by atoms with van der Waals surface area (Å²) >= 11 is 1.67. The minimum Gasteiger partial charge on any atom is -0.411 e. The van der Waals surface area contributed by atoms with E-state index in [2.05, 4.69) is 16.2 Å². The Kier molecular flexibility index (Phi) is 2.97. The van der Waals surface area contributed by atoms with Crippen LogP contribution in [-0.4, -0.2) is 21.7 Å². The third kappa shape index (κ3) is 2.15. The van der Waals surface area contributed by atoms with E-state index in [1.54, 1.807) is 11.8 Å². The van der Waals surface area contributed by atoms with E-state index >= 15 is 0 Å². The van der Waals surface area contributed by atoms with E-state index in [0.717, 1.165) is 11.2 Å². The largest absolute Gasteiger partial charge is 0.411 e. The molecule has 2 aromatic rings. The standard InChI is InChI=1S/C11H12N2OS/c1-8(13-14)7-15-11-6-12-10-5-3-2-4-9(10)11/h2-6,12,14H,7H2,1H3. The summed E-state index contributed by atoms with van der Waals surface area (Å²) in [5.74, 6) is 0.707.